The molecule has 3 aromatic rings. The molecule has 5 heterocycles. The molecular formula is C19H22N8O2. The van der Waals surface area contributed by atoms with Crippen LogP contribution in [0.4, 0.5) is 5.82 Å². The van der Waals surface area contributed by atoms with Crippen molar-refractivity contribution in [2.24, 2.45) is 0 Å². The number of fused-ring (bicyclic) bond motifs is 3. The highest BCUT2D eigenvalue weighted by Crippen LogP contribution is 2.35. The zero-order chi connectivity index (χ0) is 20.0. The van der Waals surface area contributed by atoms with E-state index in [1.54, 1.807) is 12.5 Å². The van der Waals surface area contributed by atoms with Crippen molar-refractivity contribution in [2.75, 3.05) is 31.1 Å². The number of piperazine rings is 1. The smallest absolute Gasteiger partial charge is 0.239 e. The molecule has 5 rings (SSSR count). The predicted molar refractivity (Wildman–Crippen MR) is 106 cm³/mol. The van der Waals surface area contributed by atoms with E-state index in [2.05, 4.69) is 38.8 Å². The van der Waals surface area contributed by atoms with E-state index >= 15 is 0 Å². The van der Waals surface area contributed by atoms with Crippen LogP contribution in [0.5, 0.6) is 5.75 Å². The lowest BCUT2D eigenvalue weighted by molar-refractivity contribution is -0.120. The molecule has 0 spiro atoms. The summed E-state index contributed by atoms with van der Waals surface area (Å²) in [4.78, 5) is 27.5. The summed E-state index contributed by atoms with van der Waals surface area (Å²) in [5, 5.41) is 7.16. The van der Waals surface area contributed by atoms with Gasteiger partial charge in [0.25, 0.3) is 0 Å². The number of rotatable bonds is 3. The molecule has 0 atom stereocenters. The number of nitrogens with one attached hydrogen (secondary N) is 1. The van der Waals surface area contributed by atoms with E-state index in [-0.39, 0.29) is 11.9 Å². The zero-order valence-corrected chi connectivity index (χ0v) is 16.4. The summed E-state index contributed by atoms with van der Waals surface area (Å²) in [6, 6.07) is 2.14. The normalized spacial score (nSPS) is 16.1. The Morgan fingerprint density at radius 1 is 1.21 bits per heavy atom. The average molecular weight is 394 g/mol. The molecule has 150 valence electrons. The van der Waals surface area contributed by atoms with E-state index in [4.69, 9.17) is 9.72 Å². The molecule has 1 fully saturated rings. The van der Waals surface area contributed by atoms with Crippen molar-refractivity contribution in [3.05, 3.63) is 24.8 Å². The highest BCUT2D eigenvalue weighted by Gasteiger charge is 2.24. The van der Waals surface area contributed by atoms with E-state index in [1.807, 2.05) is 21.8 Å². The number of pyridine rings is 1. The molecule has 0 bridgehead atoms. The van der Waals surface area contributed by atoms with Gasteiger partial charge in [-0.1, -0.05) is 0 Å². The topological polar surface area (TPSA) is 103 Å². The van der Waals surface area contributed by atoms with Crippen molar-refractivity contribution in [1.29, 1.82) is 0 Å². The van der Waals surface area contributed by atoms with Crippen LogP contribution in [0.25, 0.3) is 22.9 Å². The van der Waals surface area contributed by atoms with E-state index in [0.29, 0.717) is 32.0 Å². The Kier molecular flexibility index (Phi) is 4.18. The standard InChI is InChI=1S/C19H22N8O2/c1-12(2)27-19(22-11-23-27)14-9-26-5-6-29-15-8-21-16(7-13(15)18(26)24-14)25-4-3-20-17(28)10-25/h7-9,11-12H,3-6,10H2,1-2H3,(H,20,28). The molecule has 1 amide bonds. The summed E-state index contributed by atoms with van der Waals surface area (Å²) in [5.74, 6) is 2.98. The van der Waals surface area contributed by atoms with Gasteiger partial charge in [-0.2, -0.15) is 5.10 Å². The second kappa shape index (κ2) is 6.87. The van der Waals surface area contributed by atoms with Gasteiger partial charge in [-0.3, -0.25) is 4.79 Å². The fourth-order valence-electron chi connectivity index (χ4n) is 3.70. The van der Waals surface area contributed by atoms with Gasteiger partial charge in [0.2, 0.25) is 5.91 Å². The van der Waals surface area contributed by atoms with Gasteiger partial charge in [0.15, 0.2) is 5.82 Å². The Morgan fingerprint density at radius 2 is 2.10 bits per heavy atom. The number of hydrogen-bond donors (Lipinski definition) is 1. The summed E-state index contributed by atoms with van der Waals surface area (Å²) in [7, 11) is 0. The van der Waals surface area contributed by atoms with Crippen molar-refractivity contribution in [1.82, 2.24) is 34.6 Å². The lowest BCUT2D eigenvalue weighted by Gasteiger charge is -2.28. The zero-order valence-electron chi connectivity index (χ0n) is 16.4. The third-order valence-corrected chi connectivity index (χ3v) is 5.11. The van der Waals surface area contributed by atoms with E-state index < -0.39 is 0 Å². The summed E-state index contributed by atoms with van der Waals surface area (Å²) in [6.45, 7) is 6.95. The predicted octanol–water partition coefficient (Wildman–Crippen LogP) is 1.11. The van der Waals surface area contributed by atoms with Gasteiger partial charge >= 0.3 is 0 Å². The lowest BCUT2D eigenvalue weighted by Crippen LogP contribution is -2.48. The SMILES string of the molecule is CC(C)n1ncnc1-c1cn2c(n1)-c1cc(N3CCNC(=O)C3)ncc1OCC2. The van der Waals surface area contributed by atoms with Crippen LogP contribution >= 0.6 is 0 Å². The number of carbonyl (C=O) groups excluding carboxylic acids is 1. The van der Waals surface area contributed by atoms with Crippen molar-refractivity contribution < 1.29 is 9.53 Å². The number of amides is 1. The summed E-state index contributed by atoms with van der Waals surface area (Å²) in [5.41, 5.74) is 1.63. The van der Waals surface area contributed by atoms with Crippen molar-refractivity contribution in [2.45, 2.75) is 26.4 Å². The second-order valence-corrected chi connectivity index (χ2v) is 7.42. The van der Waals surface area contributed by atoms with Gasteiger partial charge in [0.05, 0.1) is 24.8 Å². The number of anilines is 1. The van der Waals surface area contributed by atoms with Crippen LogP contribution in [0, 0.1) is 0 Å². The van der Waals surface area contributed by atoms with Crippen LogP contribution in [0.1, 0.15) is 19.9 Å². The van der Waals surface area contributed by atoms with Crippen LogP contribution in [0.15, 0.2) is 24.8 Å². The first-order valence-electron chi connectivity index (χ1n) is 9.72. The van der Waals surface area contributed by atoms with Gasteiger partial charge in [-0.05, 0) is 19.9 Å². The monoisotopic (exact) mass is 394 g/mol. The van der Waals surface area contributed by atoms with Gasteiger partial charge in [0, 0.05) is 25.3 Å². The summed E-state index contributed by atoms with van der Waals surface area (Å²) in [6.07, 6.45) is 5.27. The van der Waals surface area contributed by atoms with Crippen LogP contribution in [0.2, 0.25) is 0 Å². The highest BCUT2D eigenvalue weighted by molar-refractivity contribution is 5.82. The van der Waals surface area contributed by atoms with Gasteiger partial charge < -0.3 is 19.5 Å². The molecule has 3 aromatic heterocycles. The number of carbonyl (C=O) groups is 1. The third-order valence-electron chi connectivity index (χ3n) is 5.11. The maximum atomic E-state index is 11.8. The van der Waals surface area contributed by atoms with Crippen LogP contribution in [-0.4, -0.2) is 61.4 Å². The van der Waals surface area contributed by atoms with Crippen molar-refractivity contribution in [3.8, 4) is 28.7 Å². The molecule has 0 aromatic carbocycles. The average Bonchev–Trinajstić information content (AvgIpc) is 3.32. The molecule has 0 radical (unpaired) electrons. The van der Waals surface area contributed by atoms with E-state index in [9.17, 15) is 4.79 Å². The minimum absolute atomic E-state index is 0.000973. The minimum Gasteiger partial charge on any atom is -0.489 e. The van der Waals surface area contributed by atoms with Gasteiger partial charge in [-0.25, -0.2) is 19.6 Å². The molecule has 10 nitrogen and oxygen atoms in total. The Bertz CT molecular complexity index is 1070. The molecule has 1 N–H and O–H groups in total. The van der Waals surface area contributed by atoms with Crippen LogP contribution in [0.3, 0.4) is 0 Å². The van der Waals surface area contributed by atoms with Gasteiger partial charge in [-0.15, -0.1) is 0 Å². The Balaban J connectivity index is 1.57. The summed E-state index contributed by atoms with van der Waals surface area (Å²) < 4.78 is 9.83. The largest absolute Gasteiger partial charge is 0.489 e. The third kappa shape index (κ3) is 3.10. The maximum Gasteiger partial charge on any atom is 0.239 e. The van der Waals surface area contributed by atoms with Gasteiger partial charge in [0.1, 0.15) is 36.0 Å². The molecule has 10 heteroatoms. The number of imidazole rings is 1. The van der Waals surface area contributed by atoms with Crippen LogP contribution in [-0.2, 0) is 11.3 Å². The number of nitrogens with zero attached hydrogens (tertiary/aromatic N) is 7. The minimum atomic E-state index is 0.000973. The Labute approximate surface area is 167 Å². The number of hydrogen-bond acceptors (Lipinski definition) is 7. The van der Waals surface area contributed by atoms with Crippen LogP contribution < -0.4 is 15.0 Å². The Hall–Kier alpha value is -3.43. The molecule has 2 aliphatic heterocycles. The number of ether oxygens (including phenoxy) is 1. The molecule has 0 unspecified atom stereocenters. The summed E-state index contributed by atoms with van der Waals surface area (Å²) >= 11 is 0. The first kappa shape index (κ1) is 17.7. The van der Waals surface area contributed by atoms with E-state index in [1.165, 1.54) is 0 Å². The first-order valence-corrected chi connectivity index (χ1v) is 9.72. The molecule has 1 saturated heterocycles. The maximum absolute atomic E-state index is 11.8. The fourth-order valence-corrected chi connectivity index (χ4v) is 3.70. The van der Waals surface area contributed by atoms with E-state index in [0.717, 1.165) is 35.3 Å². The molecule has 0 aliphatic carbocycles. The van der Waals surface area contributed by atoms with Crippen molar-refractivity contribution >= 4 is 11.7 Å². The highest BCUT2D eigenvalue weighted by atomic mass is 16.5. The molecule has 2 aliphatic rings. The lowest BCUT2D eigenvalue weighted by atomic mass is 10.2. The molecular weight excluding hydrogens is 372 g/mol. The van der Waals surface area contributed by atoms with Crippen molar-refractivity contribution in [3.63, 3.8) is 0 Å². The quantitative estimate of drug-likeness (QED) is 0.710. The first-order chi connectivity index (χ1) is 14.1. The number of aromatic nitrogens is 6. The second-order valence-electron chi connectivity index (χ2n) is 7.42. The molecule has 0 saturated carbocycles. The fraction of sp³-hybridized carbons (Fsp3) is 0.421. The molecule has 29 heavy (non-hydrogen) atoms. The Morgan fingerprint density at radius 3 is 2.93 bits per heavy atom.